The van der Waals surface area contributed by atoms with Crippen molar-refractivity contribution in [2.24, 2.45) is 0 Å². The average Bonchev–Trinajstić information content (AvgIpc) is 1.60. The average molecular weight is 2470 g/mol. The molecule has 8 aliphatic rings. The van der Waals surface area contributed by atoms with E-state index in [1.165, 1.54) is 11.1 Å². The van der Waals surface area contributed by atoms with Crippen LogP contribution in [0.15, 0.2) is 390 Å². The van der Waals surface area contributed by atoms with Gasteiger partial charge in [-0.1, -0.05) is 60.7 Å². The smallest absolute Gasteiger partial charge is 0.507 e. The molecule has 8 aliphatic heterocycles. The summed E-state index contributed by atoms with van der Waals surface area (Å²) in [5.41, 5.74) is 29.8. The van der Waals surface area contributed by atoms with Gasteiger partial charge in [-0.15, -0.1) is 144 Å². The summed E-state index contributed by atoms with van der Waals surface area (Å²) in [7, 11) is -0.598. The maximum absolute atomic E-state index is 6.22. The summed E-state index contributed by atoms with van der Waals surface area (Å²) in [4.78, 5) is 27.4. The molecule has 0 unspecified atom stereocenters. The Bertz CT molecular complexity index is 6890. The van der Waals surface area contributed by atoms with Gasteiger partial charge in [0.15, 0.2) is 0 Å². The molecule has 20 aromatic rings. The summed E-state index contributed by atoms with van der Waals surface area (Å²) in [6, 6.07) is 130. The molecule has 0 amide bonds. The molecule has 20 nitrogen and oxygen atoms in total. The van der Waals surface area contributed by atoms with E-state index in [0.717, 1.165) is 169 Å². The van der Waals surface area contributed by atoms with Crippen LogP contribution in [-0.2, 0) is 80.4 Å². The maximum Gasteiger partial charge on any atom is 0.507 e. The van der Waals surface area contributed by atoms with E-state index in [2.05, 4.69) is 221 Å². The number of aromatic nitrogens is 12. The van der Waals surface area contributed by atoms with Crippen molar-refractivity contribution >= 4 is 95.6 Å². The van der Waals surface area contributed by atoms with Crippen molar-refractivity contribution in [3.05, 3.63) is 461 Å². The van der Waals surface area contributed by atoms with Gasteiger partial charge in [-0.3, -0.25) is 18.7 Å². The molecule has 8 aromatic heterocycles. The third-order valence-electron chi connectivity index (χ3n) is 22.8. The molecule has 0 spiro atoms. The topological polar surface area (TPSA) is 173 Å². The fourth-order valence-electron chi connectivity index (χ4n) is 17.0. The van der Waals surface area contributed by atoms with Gasteiger partial charge in [-0.25, -0.2) is 0 Å². The van der Waals surface area contributed by atoms with Crippen LogP contribution in [-0.4, -0.2) is 87.3 Å². The molecule has 12 aromatic carbocycles. The van der Waals surface area contributed by atoms with Crippen molar-refractivity contribution in [3.63, 3.8) is 0 Å². The number of hydrogen-bond donors (Lipinski definition) is 0. The summed E-state index contributed by atoms with van der Waals surface area (Å²) >= 11 is 0. The van der Waals surface area contributed by atoms with Crippen LogP contribution in [0.3, 0.4) is 0 Å². The summed E-state index contributed by atoms with van der Waals surface area (Å²) in [6.07, 6.45) is 22.0. The Morgan fingerprint density at radius 1 is 0.228 bits per heavy atom. The predicted molar refractivity (Wildman–Crippen MR) is 521 cm³/mol. The molecule has 16 heterocycles. The standard InChI is InChI=1S/4C18H12BN2O.4C9H7N2.4Ir/c2*1-12-10-14-18(20-11-12)13-6-2-3-7-15(13)21-16-8-4-5-9-17(16)22-19(14)21;2*1-12-8-9-17-16(11-12)21-15-7-3-2-5-13(15)18-14(19(21)22-17)6-4-10-20-18;4*1-2-5-9(6-3-1)11-8-4-7-10-11;;;;/h2*2-5,7-11H,1H3;2*2-4,6-11H,1H3;4*1-5,7-8H;;;;/q8*-1;;;;. The van der Waals surface area contributed by atoms with Crippen LogP contribution < -0.4 is 59.7 Å². The molecule has 668 valence electrons. The van der Waals surface area contributed by atoms with Crippen LogP contribution in [0.2, 0.25) is 0 Å². The number of nitrogens with zero attached hydrogens (tertiary/aromatic N) is 16. The fraction of sp³-hybridized carbons (Fsp3) is 0.0370. The second-order valence-corrected chi connectivity index (χ2v) is 31.5. The van der Waals surface area contributed by atoms with Gasteiger partial charge in [0.05, 0.1) is 22.7 Å². The normalized spacial score (nSPS) is 12.1. The molecule has 28 rings (SSSR count). The van der Waals surface area contributed by atoms with Gasteiger partial charge in [0, 0.05) is 155 Å². The Balaban J connectivity index is 0.000000109. The molecule has 0 N–H and O–H groups in total. The van der Waals surface area contributed by atoms with Gasteiger partial charge < -0.3 is 57.8 Å². The molecule has 0 saturated carbocycles. The number of aryl methyl sites for hydroxylation is 4. The van der Waals surface area contributed by atoms with Crippen molar-refractivity contribution in [2.75, 3.05) is 19.2 Å². The monoisotopic (exact) mass is 2480 g/mol. The first kappa shape index (κ1) is 93.2. The molecule has 0 aliphatic carbocycles. The molecule has 4 radical (unpaired) electrons. The summed E-state index contributed by atoms with van der Waals surface area (Å²) in [6.45, 7) is 8.32. The largest absolute Gasteiger partial charge is 0.537 e. The predicted octanol–water partition coefficient (Wildman–Crippen LogP) is 19.1. The number of hydrogen-bond acceptors (Lipinski definition) is 16. The minimum atomic E-state index is -0.150. The third-order valence-corrected chi connectivity index (χ3v) is 22.8. The molecule has 28 heteroatoms. The van der Waals surface area contributed by atoms with E-state index >= 15 is 0 Å². The van der Waals surface area contributed by atoms with Crippen LogP contribution in [0.4, 0.5) is 45.5 Å². The van der Waals surface area contributed by atoms with Gasteiger partial charge in [-0.05, 0) is 225 Å². The number of pyridine rings is 4. The number of anilines is 8. The molecule has 0 bridgehead atoms. The minimum absolute atomic E-state index is 0. The molecule has 0 saturated heterocycles. The summed E-state index contributed by atoms with van der Waals surface area (Å²) < 4.78 is 32.0. The summed E-state index contributed by atoms with van der Waals surface area (Å²) in [5, 5.41) is 16.3. The van der Waals surface area contributed by atoms with Gasteiger partial charge in [0.2, 0.25) is 0 Å². The zero-order valence-corrected chi connectivity index (χ0v) is 83.0. The van der Waals surface area contributed by atoms with Gasteiger partial charge in [0.1, 0.15) is 23.0 Å². The van der Waals surface area contributed by atoms with Gasteiger partial charge in [-0.2, -0.15) is 117 Å². The van der Waals surface area contributed by atoms with Crippen LogP contribution in [0.5, 0.6) is 23.0 Å². The molecule has 0 fully saturated rings. The zero-order valence-electron chi connectivity index (χ0n) is 73.4. The first-order valence-electron chi connectivity index (χ1n) is 43.1. The van der Waals surface area contributed by atoms with Gasteiger partial charge >= 0.3 is 28.2 Å². The van der Waals surface area contributed by atoms with Crippen molar-refractivity contribution < 1.29 is 99.0 Å². The Morgan fingerprint density at radius 3 is 0.816 bits per heavy atom. The Kier molecular flexibility index (Phi) is 29.0. The Hall–Kier alpha value is -14.7. The number of para-hydroxylation sites is 8. The van der Waals surface area contributed by atoms with Gasteiger partial charge in [0.25, 0.3) is 0 Å². The third kappa shape index (κ3) is 18.9. The van der Waals surface area contributed by atoms with Crippen molar-refractivity contribution in [1.29, 1.82) is 0 Å². The number of fused-ring (bicyclic) bond motifs is 32. The fourth-order valence-corrected chi connectivity index (χ4v) is 17.0. The van der Waals surface area contributed by atoms with Crippen molar-refractivity contribution in [2.45, 2.75) is 27.7 Å². The van der Waals surface area contributed by atoms with Crippen molar-refractivity contribution in [1.82, 2.24) is 59.1 Å². The van der Waals surface area contributed by atoms with E-state index < -0.39 is 0 Å². The van der Waals surface area contributed by atoms with E-state index in [-0.39, 0.29) is 109 Å². The van der Waals surface area contributed by atoms with Crippen LogP contribution in [0.25, 0.3) is 67.8 Å². The summed E-state index contributed by atoms with van der Waals surface area (Å²) in [5.74, 6) is 3.66. The Labute approximate surface area is 844 Å². The molecule has 0 atom stereocenters. The maximum atomic E-state index is 6.22. The number of rotatable bonds is 4. The molecular formula is C108H76B4Ir4N16O4-8. The first-order valence-corrected chi connectivity index (χ1v) is 43.1. The molecular weight excluding hydrogens is 2400 g/mol. The van der Waals surface area contributed by atoms with Crippen LogP contribution >= 0.6 is 0 Å². The van der Waals surface area contributed by atoms with E-state index in [9.17, 15) is 0 Å². The minimum Gasteiger partial charge on any atom is -0.537 e. The van der Waals surface area contributed by atoms with E-state index in [1.807, 2.05) is 280 Å². The number of benzene rings is 12. The zero-order chi connectivity index (χ0) is 88.8. The molecule has 136 heavy (non-hydrogen) atoms. The SMILES string of the molecule is Cc1ccc2c(c1)N1B(O2)c2cccnc2-c2[c-]cccc21.Cc1ccc2c(c1)N1B(O2)c2cccnc2-c2[c-]cccc21.Cc1cnc2c(c1)B1Oc3ccccc3N1c1ccc[c-]c1-2.Cc1cnc2c(c1)B1Oc3ccccc3N1c1ccc[c-]c1-2.[Ir].[Ir].[Ir].[Ir].[c-]1ccccc1-n1cccn1.[c-]1ccccc1-n1cccn1.[c-]1ccccc1-n1cccn1.[c-]1ccccc1-n1cccn1. The quantitative estimate of drug-likeness (QED) is 0.120. The van der Waals surface area contributed by atoms with Crippen LogP contribution in [0, 0.1) is 76.2 Å². The Morgan fingerprint density at radius 2 is 0.507 bits per heavy atom. The van der Waals surface area contributed by atoms with Crippen LogP contribution in [0.1, 0.15) is 22.3 Å². The van der Waals surface area contributed by atoms with E-state index in [4.69, 9.17) is 18.6 Å². The second kappa shape index (κ2) is 42.3. The second-order valence-electron chi connectivity index (χ2n) is 31.5. The van der Waals surface area contributed by atoms with E-state index in [0.29, 0.717) is 0 Å². The first-order chi connectivity index (χ1) is 65.2. The van der Waals surface area contributed by atoms with E-state index in [1.54, 1.807) is 43.5 Å². The van der Waals surface area contributed by atoms with Crippen molar-refractivity contribution in [3.8, 4) is 90.8 Å².